The van der Waals surface area contributed by atoms with E-state index in [1.807, 2.05) is 0 Å². The first kappa shape index (κ1) is 12.0. The Balaban J connectivity index is 2.86. The summed E-state index contributed by atoms with van der Waals surface area (Å²) in [5, 5.41) is 27.2. The van der Waals surface area contributed by atoms with Crippen molar-refractivity contribution in [2.24, 2.45) is 0 Å². The molecule has 0 aromatic carbocycles. The number of aromatic nitrogens is 1. The van der Waals surface area contributed by atoms with Gasteiger partial charge in [-0.2, -0.15) is 13.8 Å². The molecule has 0 aliphatic heterocycles. The molecular formula is C9H11F2NO3. The molecule has 0 radical (unpaired) electrons. The van der Waals surface area contributed by atoms with Crippen molar-refractivity contribution in [3.05, 3.63) is 29.6 Å². The second-order valence-corrected chi connectivity index (χ2v) is 3.04. The monoisotopic (exact) mass is 219 g/mol. The standard InChI is InChI=1S/C9H11F2NO3/c10-7-2-1-5(9(11)12-7)8(15)6(14)3-4-13/h1-2,6,8,13-15H,3-4H2. The van der Waals surface area contributed by atoms with Crippen LogP contribution in [0.5, 0.6) is 0 Å². The summed E-state index contributed by atoms with van der Waals surface area (Å²) in [5.41, 5.74) is -0.294. The molecule has 84 valence electrons. The van der Waals surface area contributed by atoms with Crippen molar-refractivity contribution < 1.29 is 24.1 Å². The van der Waals surface area contributed by atoms with E-state index in [-0.39, 0.29) is 18.6 Å². The first-order valence-electron chi connectivity index (χ1n) is 4.35. The van der Waals surface area contributed by atoms with Gasteiger partial charge in [-0.1, -0.05) is 0 Å². The quantitative estimate of drug-likeness (QED) is 0.629. The van der Waals surface area contributed by atoms with Crippen molar-refractivity contribution in [3.8, 4) is 0 Å². The molecule has 0 fully saturated rings. The second-order valence-electron chi connectivity index (χ2n) is 3.04. The topological polar surface area (TPSA) is 73.6 Å². The molecule has 3 N–H and O–H groups in total. The molecule has 0 amide bonds. The van der Waals surface area contributed by atoms with Gasteiger partial charge in [-0.25, -0.2) is 0 Å². The molecule has 1 heterocycles. The Kier molecular flexibility index (Phi) is 4.07. The van der Waals surface area contributed by atoms with E-state index in [1.165, 1.54) is 0 Å². The summed E-state index contributed by atoms with van der Waals surface area (Å²) in [6.07, 6.45) is -2.93. The van der Waals surface area contributed by atoms with Crippen LogP contribution < -0.4 is 0 Å². The van der Waals surface area contributed by atoms with Gasteiger partial charge in [-0.15, -0.1) is 0 Å². The maximum Gasteiger partial charge on any atom is 0.221 e. The summed E-state index contributed by atoms with van der Waals surface area (Å²) in [6, 6.07) is 1.89. The SMILES string of the molecule is OCCC(O)C(O)c1ccc(F)nc1F. The van der Waals surface area contributed by atoms with Gasteiger partial charge in [0.15, 0.2) is 0 Å². The van der Waals surface area contributed by atoms with Gasteiger partial charge in [0.1, 0.15) is 6.10 Å². The molecule has 4 nitrogen and oxygen atoms in total. The van der Waals surface area contributed by atoms with Crippen LogP contribution in [0.4, 0.5) is 8.78 Å². The Morgan fingerprint density at radius 1 is 1.27 bits per heavy atom. The molecule has 1 rings (SSSR count). The summed E-state index contributed by atoms with van der Waals surface area (Å²) in [4.78, 5) is 2.87. The van der Waals surface area contributed by atoms with Gasteiger partial charge in [0, 0.05) is 12.2 Å². The Morgan fingerprint density at radius 2 is 1.93 bits per heavy atom. The van der Waals surface area contributed by atoms with Crippen LogP contribution in [0.15, 0.2) is 12.1 Å². The van der Waals surface area contributed by atoms with Crippen LogP contribution in [0.1, 0.15) is 18.1 Å². The molecule has 1 aromatic rings. The lowest BCUT2D eigenvalue weighted by molar-refractivity contribution is 0.00185. The maximum atomic E-state index is 13.0. The Morgan fingerprint density at radius 3 is 2.47 bits per heavy atom. The maximum absolute atomic E-state index is 13.0. The molecule has 2 atom stereocenters. The van der Waals surface area contributed by atoms with Crippen LogP contribution in [-0.4, -0.2) is 33.0 Å². The van der Waals surface area contributed by atoms with Gasteiger partial charge < -0.3 is 15.3 Å². The Labute approximate surface area is 84.8 Å². The molecule has 2 unspecified atom stereocenters. The summed E-state index contributed by atoms with van der Waals surface area (Å²) < 4.78 is 25.4. The van der Waals surface area contributed by atoms with Gasteiger partial charge in [-0.3, -0.25) is 0 Å². The first-order chi connectivity index (χ1) is 7.06. The van der Waals surface area contributed by atoms with Crippen LogP contribution in [0.3, 0.4) is 0 Å². The smallest absolute Gasteiger partial charge is 0.221 e. The highest BCUT2D eigenvalue weighted by Gasteiger charge is 2.22. The number of nitrogens with zero attached hydrogens (tertiary/aromatic N) is 1. The molecule has 0 aliphatic carbocycles. The van der Waals surface area contributed by atoms with Crippen LogP contribution in [0.2, 0.25) is 0 Å². The average Bonchev–Trinajstić information content (AvgIpc) is 2.17. The van der Waals surface area contributed by atoms with Crippen molar-refractivity contribution in [2.75, 3.05) is 6.61 Å². The Bertz CT molecular complexity index is 335. The fourth-order valence-corrected chi connectivity index (χ4v) is 1.14. The molecule has 0 saturated heterocycles. The number of pyridine rings is 1. The van der Waals surface area contributed by atoms with Crippen LogP contribution in [-0.2, 0) is 0 Å². The van der Waals surface area contributed by atoms with Gasteiger partial charge in [0.2, 0.25) is 11.9 Å². The minimum absolute atomic E-state index is 0.0992. The minimum Gasteiger partial charge on any atom is -0.396 e. The number of hydrogen-bond donors (Lipinski definition) is 3. The first-order valence-corrected chi connectivity index (χ1v) is 4.35. The summed E-state index contributed by atoms with van der Waals surface area (Å²) in [5.74, 6) is -2.17. The lowest BCUT2D eigenvalue weighted by Gasteiger charge is -2.17. The zero-order valence-electron chi connectivity index (χ0n) is 7.77. The zero-order valence-corrected chi connectivity index (χ0v) is 7.77. The average molecular weight is 219 g/mol. The molecule has 0 saturated carbocycles. The third-order valence-corrected chi connectivity index (χ3v) is 1.95. The van der Waals surface area contributed by atoms with Gasteiger partial charge in [-0.05, 0) is 18.6 Å². The summed E-state index contributed by atoms with van der Waals surface area (Å²) >= 11 is 0. The summed E-state index contributed by atoms with van der Waals surface area (Å²) in [6.45, 7) is -0.339. The van der Waals surface area contributed by atoms with E-state index < -0.39 is 24.1 Å². The van der Waals surface area contributed by atoms with Crippen LogP contribution in [0, 0.1) is 11.9 Å². The fraction of sp³-hybridized carbons (Fsp3) is 0.444. The highest BCUT2D eigenvalue weighted by molar-refractivity contribution is 5.15. The lowest BCUT2D eigenvalue weighted by atomic mass is 10.0. The van der Waals surface area contributed by atoms with E-state index in [9.17, 15) is 19.0 Å². The van der Waals surface area contributed by atoms with Gasteiger partial charge in [0.05, 0.1) is 6.10 Å². The normalized spacial score (nSPS) is 15.0. The van der Waals surface area contributed by atoms with Crippen LogP contribution in [0.25, 0.3) is 0 Å². The number of aliphatic hydroxyl groups excluding tert-OH is 3. The highest BCUT2D eigenvalue weighted by atomic mass is 19.1. The molecule has 6 heteroatoms. The zero-order chi connectivity index (χ0) is 11.4. The highest BCUT2D eigenvalue weighted by Crippen LogP contribution is 2.20. The van der Waals surface area contributed by atoms with Crippen LogP contribution >= 0.6 is 0 Å². The predicted molar refractivity (Wildman–Crippen MR) is 46.8 cm³/mol. The Hall–Kier alpha value is -1.11. The van der Waals surface area contributed by atoms with Crippen molar-refractivity contribution in [1.29, 1.82) is 0 Å². The molecule has 0 spiro atoms. The molecule has 15 heavy (non-hydrogen) atoms. The van der Waals surface area contributed by atoms with Crippen molar-refractivity contribution >= 4 is 0 Å². The van der Waals surface area contributed by atoms with Gasteiger partial charge in [0.25, 0.3) is 0 Å². The fourth-order valence-electron chi connectivity index (χ4n) is 1.14. The second kappa shape index (κ2) is 5.11. The van der Waals surface area contributed by atoms with E-state index in [0.717, 1.165) is 12.1 Å². The molecule has 0 aliphatic rings. The lowest BCUT2D eigenvalue weighted by Crippen LogP contribution is -2.21. The van der Waals surface area contributed by atoms with Crippen molar-refractivity contribution in [2.45, 2.75) is 18.6 Å². The minimum atomic E-state index is -1.52. The predicted octanol–water partition coefficient (Wildman–Crippen LogP) is 0.136. The van der Waals surface area contributed by atoms with Crippen molar-refractivity contribution in [1.82, 2.24) is 4.98 Å². The van der Waals surface area contributed by atoms with E-state index in [2.05, 4.69) is 4.98 Å². The third-order valence-electron chi connectivity index (χ3n) is 1.95. The molecular weight excluding hydrogens is 208 g/mol. The van der Waals surface area contributed by atoms with Crippen molar-refractivity contribution in [3.63, 3.8) is 0 Å². The molecule has 1 aromatic heterocycles. The molecule has 0 bridgehead atoms. The van der Waals surface area contributed by atoms with Gasteiger partial charge >= 0.3 is 0 Å². The largest absolute Gasteiger partial charge is 0.396 e. The number of aliphatic hydroxyl groups is 3. The van der Waals surface area contributed by atoms with E-state index in [4.69, 9.17) is 5.11 Å². The number of hydrogen-bond acceptors (Lipinski definition) is 4. The number of rotatable bonds is 4. The third kappa shape index (κ3) is 2.92. The van der Waals surface area contributed by atoms with E-state index in [1.54, 1.807) is 0 Å². The summed E-state index contributed by atoms with van der Waals surface area (Å²) in [7, 11) is 0. The number of halogens is 2. The van der Waals surface area contributed by atoms with E-state index >= 15 is 0 Å². The van der Waals surface area contributed by atoms with E-state index in [0.29, 0.717) is 0 Å².